The van der Waals surface area contributed by atoms with Gasteiger partial charge in [0.1, 0.15) is 0 Å². The highest BCUT2D eigenvalue weighted by atomic mass is 35.5. The van der Waals surface area contributed by atoms with Crippen LogP contribution in [0, 0.1) is 6.92 Å². The van der Waals surface area contributed by atoms with Crippen molar-refractivity contribution in [3.63, 3.8) is 0 Å². The van der Waals surface area contributed by atoms with Crippen LogP contribution in [0.25, 0.3) is 16.9 Å². The van der Waals surface area contributed by atoms with E-state index in [9.17, 15) is 9.59 Å². The number of nitrogens with one attached hydrogen (secondary N) is 1. The highest BCUT2D eigenvalue weighted by molar-refractivity contribution is 6.35. The Morgan fingerprint density at radius 3 is 2.43 bits per heavy atom. The SMILES string of the molecule is Cc1c(C(=O)NC2CCCCC2)nn(-c2ccc(Cl)cc2Cl)c1-c1ccc(C(C)C)cc1C(N)=O. The van der Waals surface area contributed by atoms with Gasteiger partial charge in [-0.3, -0.25) is 9.59 Å². The van der Waals surface area contributed by atoms with Crippen LogP contribution < -0.4 is 11.1 Å². The zero-order valence-electron chi connectivity index (χ0n) is 20.2. The second-order valence-electron chi connectivity index (χ2n) is 9.46. The number of hydrogen-bond acceptors (Lipinski definition) is 3. The predicted molar refractivity (Wildman–Crippen MR) is 141 cm³/mol. The van der Waals surface area contributed by atoms with E-state index in [0.29, 0.717) is 43.8 Å². The van der Waals surface area contributed by atoms with Crippen LogP contribution in [0.3, 0.4) is 0 Å². The molecule has 0 bridgehead atoms. The molecule has 0 saturated heterocycles. The lowest BCUT2D eigenvalue weighted by molar-refractivity contribution is 0.0920. The summed E-state index contributed by atoms with van der Waals surface area (Å²) < 4.78 is 1.61. The van der Waals surface area contributed by atoms with E-state index in [2.05, 4.69) is 19.2 Å². The fourth-order valence-electron chi connectivity index (χ4n) is 4.69. The lowest BCUT2D eigenvalue weighted by Crippen LogP contribution is -2.36. The summed E-state index contributed by atoms with van der Waals surface area (Å²) in [6.07, 6.45) is 5.33. The predicted octanol–water partition coefficient (Wildman–Crippen LogP) is 6.44. The molecule has 4 rings (SSSR count). The van der Waals surface area contributed by atoms with E-state index < -0.39 is 5.91 Å². The Morgan fingerprint density at radius 2 is 1.80 bits per heavy atom. The van der Waals surface area contributed by atoms with Crippen LogP contribution in [-0.4, -0.2) is 27.6 Å². The summed E-state index contributed by atoms with van der Waals surface area (Å²) >= 11 is 12.7. The fraction of sp³-hybridized carbons (Fsp3) is 0.370. The van der Waals surface area contributed by atoms with Crippen LogP contribution in [0.15, 0.2) is 36.4 Å². The quantitative estimate of drug-likeness (QED) is 0.398. The monoisotopic (exact) mass is 512 g/mol. The van der Waals surface area contributed by atoms with E-state index in [0.717, 1.165) is 31.2 Å². The second kappa shape index (κ2) is 10.4. The largest absolute Gasteiger partial charge is 0.366 e. The first-order chi connectivity index (χ1) is 16.7. The molecule has 1 heterocycles. The molecule has 1 saturated carbocycles. The highest BCUT2D eigenvalue weighted by Gasteiger charge is 2.27. The lowest BCUT2D eigenvalue weighted by atomic mass is 9.93. The first-order valence-electron chi connectivity index (χ1n) is 12.0. The minimum absolute atomic E-state index is 0.134. The summed E-state index contributed by atoms with van der Waals surface area (Å²) in [6, 6.07) is 10.9. The maximum Gasteiger partial charge on any atom is 0.272 e. The number of amides is 2. The number of rotatable bonds is 6. The number of aromatic nitrogens is 2. The zero-order valence-corrected chi connectivity index (χ0v) is 21.7. The first-order valence-corrected chi connectivity index (χ1v) is 12.7. The molecule has 2 amide bonds. The average molecular weight is 513 g/mol. The Labute approximate surface area is 215 Å². The van der Waals surface area contributed by atoms with E-state index in [1.807, 2.05) is 25.1 Å². The van der Waals surface area contributed by atoms with E-state index >= 15 is 0 Å². The molecule has 0 spiro atoms. The van der Waals surface area contributed by atoms with Crippen molar-refractivity contribution in [1.82, 2.24) is 15.1 Å². The van der Waals surface area contributed by atoms with Crippen LogP contribution in [0.1, 0.15) is 83.8 Å². The van der Waals surface area contributed by atoms with Crippen molar-refractivity contribution in [3.8, 4) is 16.9 Å². The van der Waals surface area contributed by atoms with Gasteiger partial charge in [-0.2, -0.15) is 5.10 Å². The molecule has 3 aromatic rings. The van der Waals surface area contributed by atoms with Crippen LogP contribution >= 0.6 is 23.2 Å². The average Bonchev–Trinajstić information content (AvgIpc) is 3.15. The molecule has 8 heteroatoms. The van der Waals surface area contributed by atoms with Gasteiger partial charge in [0.25, 0.3) is 5.91 Å². The summed E-state index contributed by atoms with van der Waals surface area (Å²) in [6.45, 7) is 5.94. The Balaban J connectivity index is 1.90. The number of benzene rings is 2. The van der Waals surface area contributed by atoms with Gasteiger partial charge in [-0.15, -0.1) is 0 Å². The van der Waals surface area contributed by atoms with Crippen molar-refractivity contribution in [2.45, 2.75) is 64.8 Å². The van der Waals surface area contributed by atoms with E-state index in [-0.39, 0.29) is 17.9 Å². The third-order valence-electron chi connectivity index (χ3n) is 6.65. The van der Waals surface area contributed by atoms with Crippen LogP contribution in [0.5, 0.6) is 0 Å². The summed E-state index contributed by atoms with van der Waals surface area (Å²) in [5.74, 6) is -0.570. The third kappa shape index (κ3) is 5.24. The molecule has 6 nitrogen and oxygen atoms in total. The maximum atomic E-state index is 13.3. The van der Waals surface area contributed by atoms with Gasteiger partial charge in [0.2, 0.25) is 5.91 Å². The third-order valence-corrected chi connectivity index (χ3v) is 7.18. The van der Waals surface area contributed by atoms with Crippen molar-refractivity contribution >= 4 is 35.0 Å². The number of halogens is 2. The zero-order chi connectivity index (χ0) is 25.3. The van der Waals surface area contributed by atoms with Gasteiger partial charge in [0.15, 0.2) is 5.69 Å². The number of nitrogens with two attached hydrogens (primary N) is 1. The summed E-state index contributed by atoms with van der Waals surface area (Å²) in [7, 11) is 0. The maximum absolute atomic E-state index is 13.3. The van der Waals surface area contributed by atoms with Gasteiger partial charge in [-0.1, -0.05) is 68.4 Å². The Kier molecular flexibility index (Phi) is 7.53. The molecule has 0 aliphatic heterocycles. The molecule has 1 aliphatic carbocycles. The summed E-state index contributed by atoms with van der Waals surface area (Å²) in [5.41, 5.74) is 9.83. The topological polar surface area (TPSA) is 90.0 Å². The Morgan fingerprint density at radius 1 is 1.09 bits per heavy atom. The van der Waals surface area contributed by atoms with Crippen LogP contribution in [0.2, 0.25) is 10.0 Å². The minimum Gasteiger partial charge on any atom is -0.366 e. The van der Waals surface area contributed by atoms with Gasteiger partial charge < -0.3 is 11.1 Å². The van der Waals surface area contributed by atoms with Gasteiger partial charge in [0.05, 0.1) is 16.4 Å². The fourth-order valence-corrected chi connectivity index (χ4v) is 5.18. The van der Waals surface area contributed by atoms with E-state index in [1.54, 1.807) is 22.9 Å². The molecule has 0 atom stereocenters. The second-order valence-corrected chi connectivity index (χ2v) is 10.3. The number of primary amides is 1. The van der Waals surface area contributed by atoms with Gasteiger partial charge in [0, 0.05) is 27.8 Å². The van der Waals surface area contributed by atoms with E-state index in [1.165, 1.54) is 6.42 Å². The molecule has 1 fully saturated rings. The Hall–Kier alpha value is -2.83. The molecule has 35 heavy (non-hydrogen) atoms. The molecule has 184 valence electrons. The minimum atomic E-state index is -0.551. The van der Waals surface area contributed by atoms with E-state index in [4.69, 9.17) is 34.0 Å². The number of hydrogen-bond donors (Lipinski definition) is 2. The van der Waals surface area contributed by atoms with Crippen LogP contribution in [-0.2, 0) is 0 Å². The van der Waals surface area contributed by atoms with Gasteiger partial charge >= 0.3 is 0 Å². The van der Waals surface area contributed by atoms with Crippen molar-refractivity contribution in [2.24, 2.45) is 5.73 Å². The molecule has 2 aromatic carbocycles. The van der Waals surface area contributed by atoms with Crippen molar-refractivity contribution < 1.29 is 9.59 Å². The van der Waals surface area contributed by atoms with Crippen molar-refractivity contribution in [2.75, 3.05) is 0 Å². The first kappa shape index (κ1) is 25.3. The van der Waals surface area contributed by atoms with Crippen molar-refractivity contribution in [3.05, 3.63) is 68.8 Å². The molecule has 3 N–H and O–H groups in total. The molecule has 1 aliphatic rings. The Bertz CT molecular complexity index is 1280. The lowest BCUT2D eigenvalue weighted by Gasteiger charge is -2.22. The molecule has 0 unspecified atom stereocenters. The summed E-state index contributed by atoms with van der Waals surface area (Å²) in [5, 5.41) is 8.70. The highest BCUT2D eigenvalue weighted by Crippen LogP contribution is 2.35. The summed E-state index contributed by atoms with van der Waals surface area (Å²) in [4.78, 5) is 25.8. The molecule has 0 radical (unpaired) electrons. The number of carbonyl (C=O) groups is 2. The molecular formula is C27H30Cl2N4O2. The number of nitrogens with zero attached hydrogens (tertiary/aromatic N) is 2. The van der Waals surface area contributed by atoms with Crippen molar-refractivity contribution in [1.29, 1.82) is 0 Å². The number of carbonyl (C=O) groups excluding carboxylic acids is 2. The smallest absolute Gasteiger partial charge is 0.272 e. The normalized spacial score (nSPS) is 14.3. The van der Waals surface area contributed by atoms with Crippen LogP contribution in [0.4, 0.5) is 0 Å². The standard InChI is InChI=1S/C27H30Cl2N4O2/c1-15(2)17-9-11-20(21(13-17)26(30)34)25-16(3)24(27(35)31-19-7-5-4-6-8-19)32-33(25)23-12-10-18(28)14-22(23)29/h9-15,19H,4-8H2,1-3H3,(H2,30,34)(H,31,35). The molecular weight excluding hydrogens is 483 g/mol. The molecule has 1 aromatic heterocycles. The van der Waals surface area contributed by atoms with Gasteiger partial charge in [-0.25, -0.2) is 4.68 Å². The van der Waals surface area contributed by atoms with Gasteiger partial charge in [-0.05, 0) is 55.5 Å².